The van der Waals surface area contributed by atoms with Gasteiger partial charge in [-0.25, -0.2) is 4.79 Å². The third kappa shape index (κ3) is 3.37. The molecule has 0 radical (unpaired) electrons. The lowest BCUT2D eigenvalue weighted by Crippen LogP contribution is -2.46. The van der Waals surface area contributed by atoms with Crippen molar-refractivity contribution in [1.29, 1.82) is 0 Å². The van der Waals surface area contributed by atoms with Gasteiger partial charge in [0, 0.05) is 4.91 Å². The lowest BCUT2D eigenvalue weighted by Gasteiger charge is -2.33. The van der Waals surface area contributed by atoms with Crippen LogP contribution in [0.5, 0.6) is 0 Å². The molecule has 0 amide bonds. The van der Waals surface area contributed by atoms with Crippen LogP contribution in [0.3, 0.4) is 0 Å². The molecule has 16 heavy (non-hydrogen) atoms. The Kier molecular flexibility index (Phi) is 4.54. The van der Waals surface area contributed by atoms with E-state index in [0.29, 0.717) is 19.4 Å². The first-order valence-electron chi connectivity index (χ1n) is 5.13. The molecule has 1 rings (SSSR count). The monoisotopic (exact) mass is 229 g/mol. The molecule has 1 fully saturated rings. The highest BCUT2D eigenvalue weighted by Gasteiger charge is 2.36. The second-order valence-electron chi connectivity index (χ2n) is 3.70. The summed E-state index contributed by atoms with van der Waals surface area (Å²) in [5, 5.41) is 13.2. The minimum Gasteiger partial charge on any atom is -0.464 e. The molecule has 0 spiro atoms. The highest BCUT2D eigenvalue weighted by Crippen LogP contribution is 2.24. The van der Waals surface area contributed by atoms with E-state index in [2.05, 4.69) is 10.0 Å². The maximum absolute atomic E-state index is 11.3. The van der Waals surface area contributed by atoms with Gasteiger partial charge in [0.05, 0.1) is 25.4 Å². The first-order valence-corrected chi connectivity index (χ1v) is 5.13. The molecule has 1 saturated heterocycles. The summed E-state index contributed by atoms with van der Waals surface area (Å²) >= 11 is 0. The number of rotatable bonds is 4. The Bertz CT molecular complexity index is 293. The van der Waals surface area contributed by atoms with Gasteiger partial charge in [0.15, 0.2) is 6.10 Å². The Labute approximate surface area is 93.0 Å². The van der Waals surface area contributed by atoms with Gasteiger partial charge in [-0.15, -0.1) is 0 Å². The zero-order valence-corrected chi connectivity index (χ0v) is 9.13. The fourth-order valence-corrected chi connectivity index (χ4v) is 1.52. The van der Waals surface area contributed by atoms with Crippen molar-refractivity contribution in [2.75, 3.05) is 19.8 Å². The molecule has 1 heterocycles. The molecular formula is C9H15N3O4. The van der Waals surface area contributed by atoms with Gasteiger partial charge in [0.25, 0.3) is 0 Å². The highest BCUT2D eigenvalue weighted by atomic mass is 16.6. The van der Waals surface area contributed by atoms with Crippen molar-refractivity contribution in [3.05, 3.63) is 10.4 Å². The average molecular weight is 229 g/mol. The van der Waals surface area contributed by atoms with Gasteiger partial charge in [0.2, 0.25) is 0 Å². The number of carbonyl (C=O) groups excluding carboxylic acids is 1. The predicted octanol–water partition coefficient (Wildman–Crippen LogP) is 0.770. The standard InChI is InChI=1S/C9H15N3O4/c1-2-15-8(13)7-3-4-9(14,6-16-7)5-11-12-10/h7,14H,2-6H2,1H3/t7-,9-/m0/s1. The Balaban J connectivity index is 2.43. The van der Waals surface area contributed by atoms with Crippen LogP contribution in [0.25, 0.3) is 10.4 Å². The van der Waals surface area contributed by atoms with Crippen LogP contribution in [0, 0.1) is 0 Å². The summed E-state index contributed by atoms with van der Waals surface area (Å²) in [4.78, 5) is 13.9. The minimum atomic E-state index is -1.16. The van der Waals surface area contributed by atoms with Gasteiger partial charge in [-0.3, -0.25) is 0 Å². The molecule has 0 bridgehead atoms. The number of carbonyl (C=O) groups is 1. The number of ether oxygens (including phenoxy) is 2. The molecule has 2 atom stereocenters. The van der Waals surface area contributed by atoms with Crippen LogP contribution in [0.2, 0.25) is 0 Å². The summed E-state index contributed by atoms with van der Waals surface area (Å²) in [6, 6.07) is 0. The third-order valence-electron chi connectivity index (χ3n) is 2.40. The number of hydrogen-bond acceptors (Lipinski definition) is 5. The fourth-order valence-electron chi connectivity index (χ4n) is 1.52. The van der Waals surface area contributed by atoms with E-state index in [-0.39, 0.29) is 13.2 Å². The summed E-state index contributed by atoms with van der Waals surface area (Å²) in [6.07, 6.45) is 0.109. The van der Waals surface area contributed by atoms with Crippen molar-refractivity contribution in [2.45, 2.75) is 31.5 Å². The molecule has 0 aliphatic carbocycles. The van der Waals surface area contributed by atoms with Gasteiger partial charge in [-0.05, 0) is 25.3 Å². The van der Waals surface area contributed by atoms with Gasteiger partial charge in [-0.1, -0.05) is 5.11 Å². The van der Waals surface area contributed by atoms with Crippen LogP contribution >= 0.6 is 0 Å². The van der Waals surface area contributed by atoms with E-state index in [4.69, 9.17) is 15.0 Å². The summed E-state index contributed by atoms with van der Waals surface area (Å²) < 4.78 is 10.0. The van der Waals surface area contributed by atoms with Gasteiger partial charge in [-0.2, -0.15) is 0 Å². The van der Waals surface area contributed by atoms with E-state index < -0.39 is 17.7 Å². The normalized spacial score (nSPS) is 29.2. The van der Waals surface area contributed by atoms with Crippen molar-refractivity contribution in [1.82, 2.24) is 0 Å². The zero-order chi connectivity index (χ0) is 12.0. The first kappa shape index (κ1) is 12.8. The Hall–Kier alpha value is -1.30. The van der Waals surface area contributed by atoms with Crippen LogP contribution in [0.1, 0.15) is 19.8 Å². The van der Waals surface area contributed by atoms with Crippen molar-refractivity contribution in [3.63, 3.8) is 0 Å². The Morgan fingerprint density at radius 3 is 3.06 bits per heavy atom. The quantitative estimate of drug-likeness (QED) is 0.332. The maximum atomic E-state index is 11.3. The second kappa shape index (κ2) is 5.69. The van der Waals surface area contributed by atoms with E-state index in [9.17, 15) is 9.90 Å². The molecule has 0 saturated carbocycles. The molecule has 1 aliphatic heterocycles. The summed E-state index contributed by atoms with van der Waals surface area (Å²) in [5.41, 5.74) is 7.00. The number of nitrogens with zero attached hydrogens (tertiary/aromatic N) is 3. The third-order valence-corrected chi connectivity index (χ3v) is 2.40. The number of aliphatic hydroxyl groups is 1. The van der Waals surface area contributed by atoms with E-state index in [1.54, 1.807) is 6.92 Å². The minimum absolute atomic E-state index is 0.0184. The summed E-state index contributed by atoms with van der Waals surface area (Å²) in [5.74, 6) is -0.409. The molecule has 90 valence electrons. The zero-order valence-electron chi connectivity index (χ0n) is 9.13. The van der Waals surface area contributed by atoms with Gasteiger partial charge in [0.1, 0.15) is 0 Å². The largest absolute Gasteiger partial charge is 0.464 e. The van der Waals surface area contributed by atoms with Crippen molar-refractivity contribution in [3.8, 4) is 0 Å². The summed E-state index contributed by atoms with van der Waals surface area (Å²) in [6.45, 7) is 1.97. The fraction of sp³-hybridized carbons (Fsp3) is 0.889. The Morgan fingerprint density at radius 1 is 1.81 bits per heavy atom. The molecule has 0 unspecified atom stereocenters. The molecule has 1 aliphatic rings. The number of hydrogen-bond donors (Lipinski definition) is 1. The first-order chi connectivity index (χ1) is 7.61. The summed E-state index contributed by atoms with van der Waals surface area (Å²) in [7, 11) is 0. The molecule has 7 nitrogen and oxygen atoms in total. The maximum Gasteiger partial charge on any atom is 0.335 e. The molecule has 0 aromatic carbocycles. The van der Waals surface area contributed by atoms with Crippen LogP contribution in [-0.4, -0.2) is 42.5 Å². The lowest BCUT2D eigenvalue weighted by atomic mass is 9.94. The van der Waals surface area contributed by atoms with E-state index in [1.807, 2.05) is 0 Å². The van der Waals surface area contributed by atoms with Gasteiger partial charge < -0.3 is 14.6 Å². The second-order valence-corrected chi connectivity index (χ2v) is 3.70. The van der Waals surface area contributed by atoms with Crippen LogP contribution in [-0.2, 0) is 14.3 Å². The van der Waals surface area contributed by atoms with Crippen LogP contribution < -0.4 is 0 Å². The highest BCUT2D eigenvalue weighted by molar-refractivity contribution is 5.74. The molecule has 7 heteroatoms. The topological polar surface area (TPSA) is 105 Å². The molecule has 1 N–H and O–H groups in total. The van der Waals surface area contributed by atoms with Crippen LogP contribution in [0.15, 0.2) is 5.11 Å². The average Bonchev–Trinajstić information content (AvgIpc) is 2.28. The van der Waals surface area contributed by atoms with Gasteiger partial charge >= 0.3 is 5.97 Å². The molecule has 0 aromatic heterocycles. The number of esters is 1. The predicted molar refractivity (Wildman–Crippen MR) is 54.6 cm³/mol. The lowest BCUT2D eigenvalue weighted by molar-refractivity contribution is -0.171. The Morgan fingerprint density at radius 2 is 2.56 bits per heavy atom. The van der Waals surface area contributed by atoms with E-state index in [0.717, 1.165) is 0 Å². The SMILES string of the molecule is CCOC(=O)[C@@H]1CC[C@](O)(CN=[N+]=[N-])CO1. The molecular weight excluding hydrogens is 214 g/mol. The van der Waals surface area contributed by atoms with E-state index in [1.165, 1.54) is 0 Å². The van der Waals surface area contributed by atoms with Crippen molar-refractivity contribution >= 4 is 5.97 Å². The molecule has 0 aromatic rings. The number of azide groups is 1. The van der Waals surface area contributed by atoms with Crippen LogP contribution in [0.4, 0.5) is 0 Å². The van der Waals surface area contributed by atoms with Crippen molar-refractivity contribution < 1.29 is 19.4 Å². The van der Waals surface area contributed by atoms with Crippen molar-refractivity contribution in [2.24, 2.45) is 5.11 Å². The van der Waals surface area contributed by atoms with E-state index >= 15 is 0 Å². The smallest absolute Gasteiger partial charge is 0.335 e.